The molecule has 6 heteroatoms. The van der Waals surface area contributed by atoms with Gasteiger partial charge >= 0.3 is 0 Å². The van der Waals surface area contributed by atoms with Crippen LogP contribution in [0.3, 0.4) is 0 Å². The zero-order chi connectivity index (χ0) is 17.1. The third-order valence-corrected chi connectivity index (χ3v) is 4.77. The van der Waals surface area contributed by atoms with Gasteiger partial charge in [0.2, 0.25) is 0 Å². The monoisotopic (exact) mass is 347 g/mol. The van der Waals surface area contributed by atoms with Crippen LogP contribution in [0.4, 0.5) is 10.9 Å². The molecule has 0 fully saturated rings. The number of fused-ring (bicyclic) bond motifs is 1. The molecule has 0 amide bonds. The molecule has 0 bridgehead atoms. The summed E-state index contributed by atoms with van der Waals surface area (Å²) in [4.78, 5) is 4.62. The van der Waals surface area contributed by atoms with E-state index in [1.165, 1.54) is 16.9 Å². The second kappa shape index (κ2) is 6.96. The van der Waals surface area contributed by atoms with Crippen molar-refractivity contribution in [2.24, 2.45) is 5.73 Å². The molecule has 0 radical (unpaired) electrons. The summed E-state index contributed by atoms with van der Waals surface area (Å²) in [5, 5.41) is 16.3. The number of benzene rings is 2. The quantitative estimate of drug-likeness (QED) is 0.569. The number of nitrogens with zero attached hydrogens (tertiary/aromatic N) is 3. The number of nitrogens with one attached hydrogen (secondary N) is 1. The van der Waals surface area contributed by atoms with Crippen molar-refractivity contribution in [1.29, 1.82) is 0 Å². The molecular formula is C19H17N5S. The Kier molecular flexibility index (Phi) is 4.37. The van der Waals surface area contributed by atoms with Crippen LogP contribution in [0.1, 0.15) is 17.3 Å². The fraction of sp³-hybridized carbons (Fsp3) is 0.105. The molecule has 4 rings (SSSR count). The summed E-state index contributed by atoms with van der Waals surface area (Å²) in [6.07, 6.45) is 2.52. The number of anilines is 2. The molecule has 0 saturated carbocycles. The van der Waals surface area contributed by atoms with Gasteiger partial charge in [0.25, 0.3) is 0 Å². The summed E-state index contributed by atoms with van der Waals surface area (Å²) in [7, 11) is 0. The molecule has 2 aromatic heterocycles. The number of nitrogens with two attached hydrogens (primary N) is 1. The minimum atomic E-state index is -0.132. The van der Waals surface area contributed by atoms with Crippen molar-refractivity contribution >= 4 is 33.1 Å². The van der Waals surface area contributed by atoms with Gasteiger partial charge in [-0.05, 0) is 12.0 Å². The SMILES string of the molecule is NC(Cc1ccccc1)c1csc(Nc2nncc3ccccc23)n1. The highest BCUT2D eigenvalue weighted by atomic mass is 32.1. The lowest BCUT2D eigenvalue weighted by Gasteiger charge is -2.09. The molecule has 124 valence electrons. The Bertz CT molecular complexity index is 978. The smallest absolute Gasteiger partial charge is 0.188 e. The van der Waals surface area contributed by atoms with Crippen LogP contribution in [0.2, 0.25) is 0 Å². The van der Waals surface area contributed by atoms with Gasteiger partial charge in [0.05, 0.1) is 17.9 Å². The molecule has 25 heavy (non-hydrogen) atoms. The van der Waals surface area contributed by atoms with Gasteiger partial charge in [0.1, 0.15) is 0 Å². The third kappa shape index (κ3) is 3.50. The predicted molar refractivity (Wildman–Crippen MR) is 102 cm³/mol. The van der Waals surface area contributed by atoms with Gasteiger partial charge in [-0.15, -0.1) is 16.4 Å². The Morgan fingerprint density at radius 1 is 1.04 bits per heavy atom. The molecule has 1 atom stereocenters. The molecule has 0 aliphatic heterocycles. The van der Waals surface area contributed by atoms with Crippen LogP contribution in [-0.4, -0.2) is 15.2 Å². The lowest BCUT2D eigenvalue weighted by molar-refractivity contribution is 0.702. The molecular weight excluding hydrogens is 330 g/mol. The largest absolute Gasteiger partial charge is 0.322 e. The maximum absolute atomic E-state index is 6.31. The zero-order valence-electron chi connectivity index (χ0n) is 13.5. The van der Waals surface area contributed by atoms with Crippen LogP contribution in [0.5, 0.6) is 0 Å². The number of hydrogen-bond acceptors (Lipinski definition) is 6. The van der Waals surface area contributed by atoms with Gasteiger partial charge in [-0.3, -0.25) is 0 Å². The van der Waals surface area contributed by atoms with Gasteiger partial charge in [-0.25, -0.2) is 4.98 Å². The average Bonchev–Trinajstić information content (AvgIpc) is 3.12. The molecule has 0 aliphatic carbocycles. The summed E-state index contributed by atoms with van der Waals surface area (Å²) < 4.78 is 0. The molecule has 0 spiro atoms. The second-order valence-electron chi connectivity index (χ2n) is 5.78. The van der Waals surface area contributed by atoms with E-state index < -0.39 is 0 Å². The average molecular weight is 347 g/mol. The van der Waals surface area contributed by atoms with Crippen LogP contribution in [0, 0.1) is 0 Å². The van der Waals surface area contributed by atoms with Crippen LogP contribution in [-0.2, 0) is 6.42 Å². The molecule has 5 nitrogen and oxygen atoms in total. The zero-order valence-corrected chi connectivity index (χ0v) is 14.3. The van der Waals surface area contributed by atoms with Crippen molar-refractivity contribution in [3.8, 4) is 0 Å². The van der Waals surface area contributed by atoms with Gasteiger partial charge in [0, 0.05) is 16.2 Å². The minimum Gasteiger partial charge on any atom is -0.322 e. The van der Waals surface area contributed by atoms with Gasteiger partial charge in [-0.1, -0.05) is 54.6 Å². The Labute approximate surface area is 149 Å². The maximum Gasteiger partial charge on any atom is 0.188 e. The highest BCUT2D eigenvalue weighted by Crippen LogP contribution is 2.27. The third-order valence-electron chi connectivity index (χ3n) is 4.00. The first-order valence-electron chi connectivity index (χ1n) is 8.02. The van der Waals surface area contributed by atoms with Crippen molar-refractivity contribution in [1.82, 2.24) is 15.2 Å². The topological polar surface area (TPSA) is 76.7 Å². The van der Waals surface area contributed by atoms with E-state index in [2.05, 4.69) is 32.6 Å². The highest BCUT2D eigenvalue weighted by Gasteiger charge is 2.12. The van der Waals surface area contributed by atoms with E-state index in [4.69, 9.17) is 5.73 Å². The number of hydrogen-bond donors (Lipinski definition) is 2. The van der Waals surface area contributed by atoms with Gasteiger partial charge in [0.15, 0.2) is 10.9 Å². The molecule has 0 aliphatic rings. The van der Waals surface area contributed by atoms with Crippen LogP contribution in [0.25, 0.3) is 10.8 Å². The van der Waals surface area contributed by atoms with Crippen molar-refractivity contribution < 1.29 is 0 Å². The fourth-order valence-corrected chi connectivity index (χ4v) is 3.48. The standard InChI is InChI=1S/C19H17N5S/c20-16(10-13-6-2-1-3-7-13)17-12-25-19(22-17)23-18-15-9-5-4-8-14(15)11-21-24-18/h1-9,11-12,16H,10,20H2,(H,22,23,24). The van der Waals surface area contributed by atoms with E-state index >= 15 is 0 Å². The number of rotatable bonds is 5. The van der Waals surface area contributed by atoms with E-state index in [1.54, 1.807) is 6.20 Å². The normalized spacial score (nSPS) is 12.2. The second-order valence-corrected chi connectivity index (χ2v) is 6.64. The van der Waals surface area contributed by atoms with E-state index in [0.29, 0.717) is 5.82 Å². The van der Waals surface area contributed by atoms with Crippen molar-refractivity contribution in [2.75, 3.05) is 5.32 Å². The van der Waals surface area contributed by atoms with E-state index in [9.17, 15) is 0 Å². The van der Waals surface area contributed by atoms with Gasteiger partial charge in [-0.2, -0.15) is 5.10 Å². The Morgan fingerprint density at radius 2 is 1.84 bits per heavy atom. The van der Waals surface area contributed by atoms with Crippen LogP contribution in [0.15, 0.2) is 66.2 Å². The molecule has 2 heterocycles. The first-order chi connectivity index (χ1) is 12.3. The number of thiazole rings is 1. The lowest BCUT2D eigenvalue weighted by atomic mass is 10.1. The van der Waals surface area contributed by atoms with Gasteiger partial charge < -0.3 is 11.1 Å². The minimum absolute atomic E-state index is 0.132. The highest BCUT2D eigenvalue weighted by molar-refractivity contribution is 7.13. The predicted octanol–water partition coefficient (Wildman–Crippen LogP) is 4.07. The Morgan fingerprint density at radius 3 is 2.72 bits per heavy atom. The van der Waals surface area contributed by atoms with Crippen molar-refractivity contribution in [2.45, 2.75) is 12.5 Å². The van der Waals surface area contributed by atoms with E-state index in [-0.39, 0.29) is 6.04 Å². The summed E-state index contributed by atoms with van der Waals surface area (Å²) in [5.74, 6) is 0.704. The Hall–Kier alpha value is -2.83. The first-order valence-corrected chi connectivity index (χ1v) is 8.90. The lowest BCUT2D eigenvalue weighted by Crippen LogP contribution is -2.13. The summed E-state index contributed by atoms with van der Waals surface area (Å²) in [6, 6.07) is 18.1. The molecule has 0 saturated heterocycles. The maximum atomic E-state index is 6.31. The van der Waals surface area contributed by atoms with Crippen molar-refractivity contribution in [3.05, 3.63) is 77.4 Å². The first kappa shape index (κ1) is 15.7. The molecule has 4 aromatic rings. The summed E-state index contributed by atoms with van der Waals surface area (Å²) in [6.45, 7) is 0. The van der Waals surface area contributed by atoms with E-state index in [0.717, 1.165) is 28.0 Å². The molecule has 3 N–H and O–H groups in total. The Balaban J connectivity index is 1.53. The fourth-order valence-electron chi connectivity index (χ4n) is 2.71. The number of aromatic nitrogens is 3. The summed E-state index contributed by atoms with van der Waals surface area (Å²) >= 11 is 1.52. The van der Waals surface area contributed by atoms with E-state index in [1.807, 2.05) is 47.8 Å². The molecule has 1 unspecified atom stereocenters. The van der Waals surface area contributed by atoms with Crippen LogP contribution >= 0.6 is 11.3 Å². The summed E-state index contributed by atoms with van der Waals surface area (Å²) in [5.41, 5.74) is 8.40. The van der Waals surface area contributed by atoms with Crippen molar-refractivity contribution in [3.63, 3.8) is 0 Å². The molecule has 2 aromatic carbocycles. The van der Waals surface area contributed by atoms with Crippen LogP contribution < -0.4 is 11.1 Å².